The van der Waals surface area contributed by atoms with Crippen molar-refractivity contribution >= 4 is 23.4 Å². The maximum absolute atomic E-state index is 13.0. The standard InChI is InChI=1S/C25H33ClN2O3/c1-18(2)16-27-25(30)20(4)28(17-21-8-5-6-9-23(21)26)24(29)10-7-15-31-22-13-11-19(3)12-14-22/h5-6,8-9,11-14,18,20H,7,10,15-17H2,1-4H3,(H,27,30). The van der Waals surface area contributed by atoms with E-state index in [4.69, 9.17) is 16.3 Å². The lowest BCUT2D eigenvalue weighted by molar-refractivity contribution is -0.140. The zero-order valence-corrected chi connectivity index (χ0v) is 19.6. The van der Waals surface area contributed by atoms with Crippen molar-refractivity contribution < 1.29 is 14.3 Å². The molecule has 0 aliphatic carbocycles. The van der Waals surface area contributed by atoms with Gasteiger partial charge in [-0.15, -0.1) is 0 Å². The molecule has 0 radical (unpaired) electrons. The van der Waals surface area contributed by atoms with Gasteiger partial charge in [-0.1, -0.05) is 61.3 Å². The first-order valence-electron chi connectivity index (χ1n) is 10.8. The average molecular weight is 445 g/mol. The molecule has 6 heteroatoms. The van der Waals surface area contributed by atoms with Gasteiger partial charge in [0, 0.05) is 24.5 Å². The van der Waals surface area contributed by atoms with E-state index in [-0.39, 0.29) is 24.8 Å². The van der Waals surface area contributed by atoms with Crippen molar-refractivity contribution in [2.24, 2.45) is 5.92 Å². The average Bonchev–Trinajstić information content (AvgIpc) is 2.75. The van der Waals surface area contributed by atoms with Crippen LogP contribution < -0.4 is 10.1 Å². The molecule has 0 aromatic heterocycles. The molecule has 31 heavy (non-hydrogen) atoms. The van der Waals surface area contributed by atoms with Gasteiger partial charge in [0.25, 0.3) is 0 Å². The van der Waals surface area contributed by atoms with E-state index in [0.717, 1.165) is 11.3 Å². The van der Waals surface area contributed by atoms with Crippen molar-refractivity contribution in [1.29, 1.82) is 0 Å². The molecule has 2 rings (SSSR count). The van der Waals surface area contributed by atoms with E-state index in [9.17, 15) is 9.59 Å². The van der Waals surface area contributed by atoms with Crippen molar-refractivity contribution in [3.8, 4) is 5.75 Å². The van der Waals surface area contributed by atoms with Crippen molar-refractivity contribution in [1.82, 2.24) is 10.2 Å². The Balaban J connectivity index is 2.00. The lowest BCUT2D eigenvalue weighted by Crippen LogP contribution is -2.48. The van der Waals surface area contributed by atoms with Crippen molar-refractivity contribution in [3.63, 3.8) is 0 Å². The molecule has 168 valence electrons. The number of nitrogens with one attached hydrogen (secondary N) is 1. The monoisotopic (exact) mass is 444 g/mol. The molecule has 1 N–H and O–H groups in total. The van der Waals surface area contributed by atoms with Crippen LogP contribution in [0.2, 0.25) is 5.02 Å². The van der Waals surface area contributed by atoms with Gasteiger partial charge in [-0.05, 0) is 49.9 Å². The lowest BCUT2D eigenvalue weighted by Gasteiger charge is -2.29. The largest absolute Gasteiger partial charge is 0.494 e. The van der Waals surface area contributed by atoms with Crippen LogP contribution in [-0.4, -0.2) is 35.9 Å². The fraction of sp³-hybridized carbons (Fsp3) is 0.440. The Hall–Kier alpha value is -2.53. The summed E-state index contributed by atoms with van der Waals surface area (Å²) in [6.45, 7) is 9.14. The predicted octanol–water partition coefficient (Wildman–Crippen LogP) is 5.00. The quantitative estimate of drug-likeness (QED) is 0.496. The van der Waals surface area contributed by atoms with Crippen LogP contribution in [0, 0.1) is 12.8 Å². The predicted molar refractivity (Wildman–Crippen MR) is 125 cm³/mol. The molecule has 2 aromatic carbocycles. The Morgan fingerprint density at radius 1 is 1.06 bits per heavy atom. The van der Waals surface area contributed by atoms with E-state index in [1.807, 2.05) is 63.2 Å². The Labute approximate surface area is 190 Å². The second kappa shape index (κ2) is 12.4. The van der Waals surface area contributed by atoms with Crippen LogP contribution in [0.3, 0.4) is 0 Å². The Kier molecular flexibility index (Phi) is 9.86. The summed E-state index contributed by atoms with van der Waals surface area (Å²) in [6.07, 6.45) is 0.851. The van der Waals surface area contributed by atoms with Crippen LogP contribution >= 0.6 is 11.6 Å². The van der Waals surface area contributed by atoms with Gasteiger partial charge in [0.15, 0.2) is 0 Å². The Morgan fingerprint density at radius 3 is 2.39 bits per heavy atom. The molecule has 0 spiro atoms. The second-order valence-electron chi connectivity index (χ2n) is 8.19. The third-order valence-electron chi connectivity index (χ3n) is 4.98. The van der Waals surface area contributed by atoms with Crippen LogP contribution in [-0.2, 0) is 16.1 Å². The normalized spacial score (nSPS) is 11.8. The first-order valence-corrected chi connectivity index (χ1v) is 11.2. The topological polar surface area (TPSA) is 58.6 Å². The number of nitrogens with zero attached hydrogens (tertiary/aromatic N) is 1. The zero-order chi connectivity index (χ0) is 22.8. The molecule has 0 fully saturated rings. The fourth-order valence-corrected chi connectivity index (χ4v) is 3.23. The highest BCUT2D eigenvalue weighted by Gasteiger charge is 2.26. The smallest absolute Gasteiger partial charge is 0.242 e. The molecule has 5 nitrogen and oxygen atoms in total. The molecule has 0 heterocycles. The first-order chi connectivity index (χ1) is 14.8. The molecule has 0 saturated carbocycles. The third kappa shape index (κ3) is 8.25. The molecule has 2 amide bonds. The number of ether oxygens (including phenoxy) is 1. The highest BCUT2D eigenvalue weighted by molar-refractivity contribution is 6.31. The van der Waals surface area contributed by atoms with E-state index in [0.29, 0.717) is 30.5 Å². The molecule has 1 unspecified atom stereocenters. The molecular formula is C25H33ClN2O3. The van der Waals surface area contributed by atoms with Crippen molar-refractivity contribution in [3.05, 3.63) is 64.7 Å². The van der Waals surface area contributed by atoms with Crippen molar-refractivity contribution in [2.75, 3.05) is 13.2 Å². The molecule has 0 bridgehead atoms. The lowest BCUT2D eigenvalue weighted by atomic mass is 10.1. The number of hydrogen-bond acceptors (Lipinski definition) is 3. The van der Waals surface area contributed by atoms with E-state index in [1.54, 1.807) is 17.9 Å². The minimum absolute atomic E-state index is 0.0976. The van der Waals surface area contributed by atoms with Gasteiger partial charge in [-0.3, -0.25) is 9.59 Å². The van der Waals surface area contributed by atoms with Crippen LogP contribution in [0.5, 0.6) is 5.75 Å². The molecule has 0 saturated heterocycles. The van der Waals surface area contributed by atoms with Crippen LogP contribution in [0.15, 0.2) is 48.5 Å². The van der Waals surface area contributed by atoms with Crippen LogP contribution in [0.25, 0.3) is 0 Å². The number of carbonyl (C=O) groups excluding carboxylic acids is 2. The molecular weight excluding hydrogens is 412 g/mol. The van der Waals surface area contributed by atoms with Gasteiger partial charge in [0.2, 0.25) is 11.8 Å². The van der Waals surface area contributed by atoms with Gasteiger partial charge in [0.1, 0.15) is 11.8 Å². The minimum atomic E-state index is -0.597. The summed E-state index contributed by atoms with van der Waals surface area (Å²) in [5, 5.41) is 3.50. The van der Waals surface area contributed by atoms with Crippen LogP contribution in [0.1, 0.15) is 44.7 Å². The number of carbonyl (C=O) groups is 2. The SMILES string of the molecule is Cc1ccc(OCCCC(=O)N(Cc2ccccc2Cl)C(C)C(=O)NCC(C)C)cc1. The van der Waals surface area contributed by atoms with E-state index in [2.05, 4.69) is 5.32 Å². The summed E-state index contributed by atoms with van der Waals surface area (Å²) in [4.78, 5) is 27.3. The van der Waals surface area contributed by atoms with Gasteiger partial charge < -0.3 is 15.0 Å². The van der Waals surface area contributed by atoms with E-state index >= 15 is 0 Å². The van der Waals surface area contributed by atoms with Crippen LogP contribution in [0.4, 0.5) is 0 Å². The number of rotatable bonds is 11. The number of amides is 2. The fourth-order valence-electron chi connectivity index (χ4n) is 3.04. The van der Waals surface area contributed by atoms with Crippen molar-refractivity contribution in [2.45, 2.75) is 53.1 Å². The summed E-state index contributed by atoms with van der Waals surface area (Å²) in [7, 11) is 0. The van der Waals surface area contributed by atoms with E-state index < -0.39 is 6.04 Å². The van der Waals surface area contributed by atoms with E-state index in [1.165, 1.54) is 5.56 Å². The Bertz CT molecular complexity index is 852. The number of hydrogen-bond donors (Lipinski definition) is 1. The minimum Gasteiger partial charge on any atom is -0.494 e. The summed E-state index contributed by atoms with van der Waals surface area (Å²) in [5.74, 6) is 0.861. The van der Waals surface area contributed by atoms with Gasteiger partial charge in [-0.2, -0.15) is 0 Å². The molecule has 2 aromatic rings. The van der Waals surface area contributed by atoms with Gasteiger partial charge in [-0.25, -0.2) is 0 Å². The summed E-state index contributed by atoms with van der Waals surface area (Å²) in [6, 6.07) is 14.6. The molecule has 0 aliphatic heterocycles. The number of aryl methyl sites for hydroxylation is 1. The summed E-state index contributed by atoms with van der Waals surface area (Å²) >= 11 is 6.31. The summed E-state index contributed by atoms with van der Waals surface area (Å²) < 4.78 is 5.73. The number of benzene rings is 2. The van der Waals surface area contributed by atoms with Gasteiger partial charge in [0.05, 0.1) is 6.61 Å². The third-order valence-corrected chi connectivity index (χ3v) is 5.34. The molecule has 1 atom stereocenters. The Morgan fingerprint density at radius 2 is 1.74 bits per heavy atom. The zero-order valence-electron chi connectivity index (χ0n) is 18.9. The maximum atomic E-state index is 13.0. The maximum Gasteiger partial charge on any atom is 0.242 e. The van der Waals surface area contributed by atoms with Gasteiger partial charge >= 0.3 is 0 Å². The second-order valence-corrected chi connectivity index (χ2v) is 8.60. The highest BCUT2D eigenvalue weighted by Crippen LogP contribution is 2.20. The number of halogens is 1. The highest BCUT2D eigenvalue weighted by atomic mass is 35.5. The molecule has 0 aliphatic rings. The summed E-state index contributed by atoms with van der Waals surface area (Å²) in [5.41, 5.74) is 1.99. The first kappa shape index (κ1) is 24.7.